The molecule has 2 aromatic heterocycles. The average molecular weight is 396 g/mol. The molecule has 0 fully saturated rings. The van der Waals surface area contributed by atoms with Crippen LogP contribution in [0.4, 0.5) is 5.69 Å². The molecule has 0 saturated heterocycles. The fourth-order valence-electron chi connectivity index (χ4n) is 3.01. The lowest BCUT2D eigenvalue weighted by Gasteiger charge is -2.10. The molecule has 2 aromatic carbocycles. The molecule has 2 heterocycles. The largest absolute Gasteiger partial charge is 0.324 e. The Bertz CT molecular complexity index is 1230. The van der Waals surface area contributed by atoms with Crippen molar-refractivity contribution in [2.45, 2.75) is 18.4 Å². The summed E-state index contributed by atoms with van der Waals surface area (Å²) in [6, 6.07) is 15.4. The first-order chi connectivity index (χ1) is 13.1. The Morgan fingerprint density at radius 1 is 1.22 bits per heavy atom. The molecule has 4 rings (SSSR count). The van der Waals surface area contributed by atoms with E-state index in [0.717, 1.165) is 15.0 Å². The van der Waals surface area contributed by atoms with Crippen LogP contribution in [0, 0.1) is 6.92 Å². The number of thioether (sulfide) groups is 1. The molecule has 136 valence electrons. The van der Waals surface area contributed by atoms with Gasteiger partial charge in [0.15, 0.2) is 0 Å². The van der Waals surface area contributed by atoms with Crippen LogP contribution < -0.4 is 10.9 Å². The van der Waals surface area contributed by atoms with Crippen molar-refractivity contribution in [3.8, 4) is 0 Å². The molecule has 5 nitrogen and oxygen atoms in total. The number of fused-ring (bicyclic) bond motifs is 3. The third kappa shape index (κ3) is 3.36. The molecule has 7 heteroatoms. The number of anilines is 1. The number of aromatic nitrogens is 2. The highest BCUT2D eigenvalue weighted by Gasteiger charge is 2.15. The predicted molar refractivity (Wildman–Crippen MR) is 113 cm³/mol. The van der Waals surface area contributed by atoms with Crippen molar-refractivity contribution < 1.29 is 4.79 Å². The van der Waals surface area contributed by atoms with E-state index in [9.17, 15) is 9.59 Å². The second kappa shape index (κ2) is 7.17. The van der Waals surface area contributed by atoms with Gasteiger partial charge in [-0.2, -0.15) is 0 Å². The molecule has 0 bridgehead atoms. The van der Waals surface area contributed by atoms with Gasteiger partial charge in [-0.15, -0.1) is 23.1 Å². The molecule has 0 saturated carbocycles. The van der Waals surface area contributed by atoms with Crippen molar-refractivity contribution in [3.63, 3.8) is 0 Å². The average Bonchev–Trinajstić information content (AvgIpc) is 3.04. The second-order valence-electron chi connectivity index (χ2n) is 6.11. The molecule has 1 N–H and O–H groups in total. The molecule has 1 amide bonds. The lowest BCUT2D eigenvalue weighted by Crippen LogP contribution is -2.29. The Hall–Kier alpha value is -2.64. The van der Waals surface area contributed by atoms with Crippen LogP contribution >= 0.6 is 23.1 Å². The zero-order chi connectivity index (χ0) is 19.0. The number of amides is 1. The predicted octanol–water partition coefficient (Wildman–Crippen LogP) is 4.28. The number of hydrogen-bond acceptors (Lipinski definition) is 5. The van der Waals surface area contributed by atoms with Gasteiger partial charge in [-0.1, -0.05) is 24.3 Å². The van der Waals surface area contributed by atoms with E-state index in [1.54, 1.807) is 18.7 Å². The Balaban J connectivity index is 1.68. The zero-order valence-electron chi connectivity index (χ0n) is 14.9. The van der Waals surface area contributed by atoms with Crippen LogP contribution in [-0.4, -0.2) is 21.7 Å². The lowest BCUT2D eigenvalue weighted by atomic mass is 10.2. The highest BCUT2D eigenvalue weighted by molar-refractivity contribution is 7.98. The first-order valence-corrected chi connectivity index (χ1v) is 10.4. The summed E-state index contributed by atoms with van der Waals surface area (Å²) >= 11 is 3.02. The maximum Gasteiger partial charge on any atom is 0.272 e. The minimum Gasteiger partial charge on any atom is -0.324 e. The topological polar surface area (TPSA) is 64.0 Å². The van der Waals surface area contributed by atoms with E-state index in [-0.39, 0.29) is 18.0 Å². The number of hydrogen-bond donors (Lipinski definition) is 1. The van der Waals surface area contributed by atoms with E-state index in [1.165, 1.54) is 15.9 Å². The number of carbonyl (C=O) groups is 1. The summed E-state index contributed by atoms with van der Waals surface area (Å²) in [6.07, 6.45) is 1.98. The Labute approximate surface area is 164 Å². The molecule has 4 aromatic rings. The van der Waals surface area contributed by atoms with Crippen LogP contribution in [0.1, 0.15) is 5.82 Å². The van der Waals surface area contributed by atoms with E-state index in [2.05, 4.69) is 10.3 Å². The maximum atomic E-state index is 13.0. The van der Waals surface area contributed by atoms with Crippen LogP contribution in [0.5, 0.6) is 0 Å². The van der Waals surface area contributed by atoms with Crippen LogP contribution in [0.3, 0.4) is 0 Å². The number of carbonyl (C=O) groups excluding carboxylic acids is 1. The van der Waals surface area contributed by atoms with E-state index in [4.69, 9.17) is 0 Å². The first-order valence-electron chi connectivity index (χ1n) is 8.39. The number of aryl methyl sites for hydroxylation is 1. The summed E-state index contributed by atoms with van der Waals surface area (Å²) in [4.78, 5) is 31.1. The van der Waals surface area contributed by atoms with Gasteiger partial charge < -0.3 is 5.32 Å². The van der Waals surface area contributed by atoms with Crippen molar-refractivity contribution in [2.75, 3.05) is 11.6 Å². The van der Waals surface area contributed by atoms with Crippen LogP contribution in [-0.2, 0) is 11.3 Å². The molecule has 0 unspecified atom stereocenters. The summed E-state index contributed by atoms with van der Waals surface area (Å²) in [7, 11) is 0. The van der Waals surface area contributed by atoms with Crippen molar-refractivity contribution in [1.29, 1.82) is 0 Å². The number of nitrogens with zero attached hydrogens (tertiary/aromatic N) is 2. The highest BCUT2D eigenvalue weighted by Crippen LogP contribution is 2.30. The summed E-state index contributed by atoms with van der Waals surface area (Å²) < 4.78 is 3.04. The van der Waals surface area contributed by atoms with Gasteiger partial charge in [-0.05, 0) is 37.4 Å². The van der Waals surface area contributed by atoms with Crippen molar-refractivity contribution in [3.05, 3.63) is 64.7 Å². The Morgan fingerprint density at radius 2 is 2.04 bits per heavy atom. The standard InChI is InChI=1S/C20H17N3O2S2/c1-12-21-18-15-8-3-4-9-16(15)27-19(18)20(25)23(12)11-17(24)22-13-6-5-7-14(10-13)26-2/h3-10H,11H2,1-2H3,(H,22,24). The van der Waals surface area contributed by atoms with Crippen molar-refractivity contribution >= 4 is 55.0 Å². The Kier molecular flexibility index (Phi) is 4.72. The van der Waals surface area contributed by atoms with Gasteiger partial charge in [0.1, 0.15) is 17.1 Å². The number of nitrogens with one attached hydrogen (secondary N) is 1. The fourth-order valence-corrected chi connectivity index (χ4v) is 4.56. The van der Waals surface area contributed by atoms with Gasteiger partial charge >= 0.3 is 0 Å². The van der Waals surface area contributed by atoms with Gasteiger partial charge in [0.25, 0.3) is 5.56 Å². The van der Waals surface area contributed by atoms with E-state index >= 15 is 0 Å². The third-order valence-corrected chi connectivity index (χ3v) is 6.20. The first kappa shape index (κ1) is 17.8. The fraction of sp³-hybridized carbons (Fsp3) is 0.150. The summed E-state index contributed by atoms with van der Waals surface area (Å²) in [6.45, 7) is 1.69. The van der Waals surface area contributed by atoms with Crippen LogP contribution in [0.2, 0.25) is 0 Å². The maximum absolute atomic E-state index is 13.0. The second-order valence-corrected chi connectivity index (χ2v) is 8.04. The van der Waals surface area contributed by atoms with Gasteiger partial charge in [-0.25, -0.2) is 4.98 Å². The molecule has 0 radical (unpaired) electrons. The minimum absolute atomic E-state index is 0.0641. The number of benzene rings is 2. The zero-order valence-corrected chi connectivity index (χ0v) is 16.5. The smallest absolute Gasteiger partial charge is 0.272 e. The van der Waals surface area contributed by atoms with E-state index < -0.39 is 0 Å². The molecule has 0 aliphatic rings. The summed E-state index contributed by atoms with van der Waals surface area (Å²) in [5, 5.41) is 3.83. The van der Waals surface area contributed by atoms with Crippen LogP contribution in [0.15, 0.2) is 58.2 Å². The molecule has 0 atom stereocenters. The summed E-state index contributed by atoms with van der Waals surface area (Å²) in [5.41, 5.74) is 1.25. The van der Waals surface area contributed by atoms with Gasteiger partial charge in [0.2, 0.25) is 5.91 Å². The summed E-state index contributed by atoms with van der Waals surface area (Å²) in [5.74, 6) is 0.282. The van der Waals surface area contributed by atoms with E-state index in [1.807, 2.05) is 54.8 Å². The Morgan fingerprint density at radius 3 is 2.85 bits per heavy atom. The molecule has 0 aliphatic carbocycles. The quantitative estimate of drug-likeness (QED) is 0.524. The SMILES string of the molecule is CSc1cccc(NC(=O)Cn2c(C)nc3c(sc4ccccc43)c2=O)c1. The lowest BCUT2D eigenvalue weighted by molar-refractivity contribution is -0.116. The van der Waals surface area contributed by atoms with Crippen LogP contribution in [0.25, 0.3) is 20.3 Å². The van der Waals surface area contributed by atoms with Gasteiger partial charge in [0, 0.05) is 20.7 Å². The monoisotopic (exact) mass is 395 g/mol. The third-order valence-electron chi connectivity index (χ3n) is 4.33. The molecule has 0 aliphatic heterocycles. The highest BCUT2D eigenvalue weighted by atomic mass is 32.2. The van der Waals surface area contributed by atoms with Gasteiger partial charge in [0.05, 0.1) is 5.52 Å². The minimum atomic E-state index is -0.249. The molecular formula is C20H17N3O2S2. The number of rotatable bonds is 4. The van der Waals surface area contributed by atoms with E-state index in [0.29, 0.717) is 21.7 Å². The molecule has 0 spiro atoms. The normalized spacial score (nSPS) is 11.2. The van der Waals surface area contributed by atoms with Gasteiger partial charge in [-0.3, -0.25) is 14.2 Å². The molecule has 27 heavy (non-hydrogen) atoms. The van der Waals surface area contributed by atoms with Crippen molar-refractivity contribution in [1.82, 2.24) is 9.55 Å². The number of thiophene rings is 1. The molecular weight excluding hydrogens is 378 g/mol. The van der Waals surface area contributed by atoms with Crippen molar-refractivity contribution in [2.24, 2.45) is 0 Å².